The van der Waals surface area contributed by atoms with E-state index in [1.54, 1.807) is 0 Å². The van der Waals surface area contributed by atoms with E-state index in [4.69, 9.17) is 27.9 Å². The molecule has 100 valence electrons. The second-order valence-electron chi connectivity index (χ2n) is 4.23. The molecule has 1 aromatic heterocycles. The average Bonchev–Trinajstić information content (AvgIpc) is 2.46. The minimum Gasteiger partial charge on any atom is -0.472 e. The third kappa shape index (κ3) is 2.84. The Labute approximate surface area is 126 Å². The Morgan fingerprint density at radius 3 is 2.45 bits per heavy atom. The number of hydrogen-bond acceptors (Lipinski definition) is 3. The van der Waals surface area contributed by atoms with Gasteiger partial charge in [-0.25, -0.2) is 4.98 Å². The van der Waals surface area contributed by atoms with Crippen molar-refractivity contribution in [3.05, 3.63) is 64.4 Å². The van der Waals surface area contributed by atoms with Crippen LogP contribution in [0.1, 0.15) is 5.56 Å². The second-order valence-corrected chi connectivity index (χ2v) is 5.00. The van der Waals surface area contributed by atoms with Crippen molar-refractivity contribution < 1.29 is 4.74 Å². The summed E-state index contributed by atoms with van der Waals surface area (Å²) in [6.45, 7) is 0.397. The van der Waals surface area contributed by atoms with Crippen molar-refractivity contribution in [2.45, 2.75) is 6.61 Å². The molecule has 0 aliphatic rings. The zero-order valence-electron chi connectivity index (χ0n) is 10.4. The van der Waals surface area contributed by atoms with Crippen LogP contribution in [0.2, 0.25) is 10.3 Å². The van der Waals surface area contributed by atoms with Gasteiger partial charge in [-0.15, -0.1) is 0 Å². The number of aromatic nitrogens is 2. The van der Waals surface area contributed by atoms with E-state index in [1.165, 1.54) is 0 Å². The molecule has 3 aromatic rings. The quantitative estimate of drug-likeness (QED) is 0.668. The molecule has 0 aliphatic heterocycles. The molecule has 3 rings (SSSR count). The van der Waals surface area contributed by atoms with E-state index < -0.39 is 0 Å². The fourth-order valence-electron chi connectivity index (χ4n) is 1.86. The Kier molecular flexibility index (Phi) is 3.72. The van der Waals surface area contributed by atoms with Crippen molar-refractivity contribution in [1.29, 1.82) is 0 Å². The maximum absolute atomic E-state index is 5.91. The highest BCUT2D eigenvalue weighted by molar-refractivity contribution is 6.30. The van der Waals surface area contributed by atoms with E-state index in [0.29, 0.717) is 17.5 Å². The number of para-hydroxylation sites is 1. The van der Waals surface area contributed by atoms with Crippen molar-refractivity contribution in [2.24, 2.45) is 0 Å². The van der Waals surface area contributed by atoms with Crippen molar-refractivity contribution >= 4 is 34.1 Å². The van der Waals surface area contributed by atoms with Crippen LogP contribution in [0.5, 0.6) is 5.88 Å². The summed E-state index contributed by atoms with van der Waals surface area (Å²) in [6.07, 6.45) is 0. The maximum Gasteiger partial charge on any atom is 0.226 e. The van der Waals surface area contributed by atoms with E-state index in [2.05, 4.69) is 9.97 Å². The van der Waals surface area contributed by atoms with Gasteiger partial charge in [-0.05, 0) is 41.4 Å². The minimum atomic E-state index is 0.176. The fourth-order valence-corrected chi connectivity index (χ4v) is 2.16. The van der Waals surface area contributed by atoms with Gasteiger partial charge in [-0.3, -0.25) is 0 Å². The molecule has 0 atom stereocenters. The first-order chi connectivity index (χ1) is 9.72. The first-order valence-electron chi connectivity index (χ1n) is 6.02. The molecular formula is C15H10Cl2N2O. The van der Waals surface area contributed by atoms with Gasteiger partial charge in [0.2, 0.25) is 11.2 Å². The van der Waals surface area contributed by atoms with Gasteiger partial charge in [0.05, 0.1) is 10.9 Å². The Balaban J connectivity index is 1.88. The van der Waals surface area contributed by atoms with Crippen molar-refractivity contribution in [2.75, 3.05) is 0 Å². The normalized spacial score (nSPS) is 10.7. The van der Waals surface area contributed by atoms with Crippen molar-refractivity contribution in [3.63, 3.8) is 0 Å². The van der Waals surface area contributed by atoms with Crippen LogP contribution in [0, 0.1) is 0 Å². The number of ether oxygens (including phenoxy) is 1. The summed E-state index contributed by atoms with van der Waals surface area (Å²) in [5.41, 5.74) is 1.77. The number of halogens is 2. The monoisotopic (exact) mass is 304 g/mol. The van der Waals surface area contributed by atoms with Crippen LogP contribution in [0.4, 0.5) is 0 Å². The van der Waals surface area contributed by atoms with E-state index in [1.807, 2.05) is 48.5 Å². The summed E-state index contributed by atoms with van der Waals surface area (Å²) in [4.78, 5) is 8.30. The fraction of sp³-hybridized carbons (Fsp3) is 0.0667. The average molecular weight is 305 g/mol. The number of nitrogens with zero attached hydrogens (tertiary/aromatic N) is 2. The molecule has 0 radical (unpaired) electrons. The van der Waals surface area contributed by atoms with Crippen LogP contribution < -0.4 is 4.74 Å². The zero-order valence-corrected chi connectivity index (χ0v) is 11.9. The molecule has 20 heavy (non-hydrogen) atoms. The predicted molar refractivity (Wildman–Crippen MR) is 80.3 cm³/mol. The lowest BCUT2D eigenvalue weighted by Gasteiger charge is -2.08. The lowest BCUT2D eigenvalue weighted by molar-refractivity contribution is 0.297. The van der Waals surface area contributed by atoms with Gasteiger partial charge < -0.3 is 4.74 Å². The molecule has 0 fully saturated rings. The third-order valence-corrected chi connectivity index (χ3v) is 3.25. The number of hydrogen-bond donors (Lipinski definition) is 0. The van der Waals surface area contributed by atoms with E-state index in [-0.39, 0.29) is 5.28 Å². The summed E-state index contributed by atoms with van der Waals surface area (Å²) in [5.74, 6) is 0.482. The molecule has 5 heteroatoms. The Bertz CT molecular complexity index is 744. The topological polar surface area (TPSA) is 35.0 Å². The highest BCUT2D eigenvalue weighted by Crippen LogP contribution is 2.24. The molecule has 0 N–H and O–H groups in total. The first kappa shape index (κ1) is 13.2. The van der Waals surface area contributed by atoms with Gasteiger partial charge >= 0.3 is 0 Å². The molecule has 0 amide bonds. The first-order valence-corrected chi connectivity index (χ1v) is 6.77. The lowest BCUT2D eigenvalue weighted by atomic mass is 10.2. The van der Waals surface area contributed by atoms with Crippen LogP contribution in [-0.2, 0) is 6.61 Å². The standard InChI is InChI=1S/C15H10Cl2N2O/c16-11-7-5-10(6-8-11)9-20-14-12-3-1-2-4-13(12)18-15(17)19-14/h1-8H,9H2. The van der Waals surface area contributed by atoms with E-state index >= 15 is 0 Å². The van der Waals surface area contributed by atoms with Gasteiger partial charge in [0.1, 0.15) is 6.61 Å². The molecule has 0 unspecified atom stereocenters. The number of fused-ring (bicyclic) bond motifs is 1. The van der Waals surface area contributed by atoms with Gasteiger partial charge in [-0.1, -0.05) is 35.9 Å². The second kappa shape index (κ2) is 5.65. The molecule has 3 nitrogen and oxygen atoms in total. The molecule has 1 heterocycles. The molecule has 0 bridgehead atoms. The smallest absolute Gasteiger partial charge is 0.226 e. The van der Waals surface area contributed by atoms with Crippen LogP contribution in [0.3, 0.4) is 0 Å². The summed E-state index contributed by atoms with van der Waals surface area (Å²) < 4.78 is 5.75. The molecule has 0 saturated carbocycles. The van der Waals surface area contributed by atoms with Gasteiger partial charge in [0.15, 0.2) is 0 Å². The van der Waals surface area contributed by atoms with E-state index in [9.17, 15) is 0 Å². The van der Waals surface area contributed by atoms with Crippen molar-refractivity contribution in [3.8, 4) is 5.88 Å². The predicted octanol–water partition coefficient (Wildman–Crippen LogP) is 4.52. The van der Waals surface area contributed by atoms with Crippen LogP contribution in [0.15, 0.2) is 48.5 Å². The van der Waals surface area contributed by atoms with Crippen LogP contribution in [-0.4, -0.2) is 9.97 Å². The third-order valence-electron chi connectivity index (χ3n) is 2.83. The molecular weight excluding hydrogens is 295 g/mol. The summed E-state index contributed by atoms with van der Waals surface area (Å²) >= 11 is 11.8. The summed E-state index contributed by atoms with van der Waals surface area (Å²) in [5, 5.41) is 1.71. The summed E-state index contributed by atoms with van der Waals surface area (Å²) in [7, 11) is 0. The SMILES string of the molecule is Clc1ccc(COc2nc(Cl)nc3ccccc23)cc1. The van der Waals surface area contributed by atoms with Crippen LogP contribution >= 0.6 is 23.2 Å². The van der Waals surface area contributed by atoms with Crippen molar-refractivity contribution in [1.82, 2.24) is 9.97 Å². The van der Waals surface area contributed by atoms with Gasteiger partial charge in [0, 0.05) is 5.02 Å². The lowest BCUT2D eigenvalue weighted by Crippen LogP contribution is -1.99. The van der Waals surface area contributed by atoms with E-state index in [0.717, 1.165) is 16.5 Å². The van der Waals surface area contributed by atoms with Gasteiger partial charge in [-0.2, -0.15) is 4.98 Å². The minimum absolute atomic E-state index is 0.176. The molecule has 2 aromatic carbocycles. The summed E-state index contributed by atoms with van der Waals surface area (Å²) in [6, 6.07) is 15.1. The molecule has 0 aliphatic carbocycles. The van der Waals surface area contributed by atoms with Gasteiger partial charge in [0.25, 0.3) is 0 Å². The highest BCUT2D eigenvalue weighted by Gasteiger charge is 2.07. The zero-order chi connectivity index (χ0) is 13.9. The Morgan fingerprint density at radius 1 is 0.900 bits per heavy atom. The molecule has 0 spiro atoms. The number of rotatable bonds is 3. The Hall–Kier alpha value is -1.84. The molecule has 0 saturated heterocycles. The largest absolute Gasteiger partial charge is 0.472 e. The van der Waals surface area contributed by atoms with Crippen LogP contribution in [0.25, 0.3) is 10.9 Å². The Morgan fingerprint density at radius 2 is 1.65 bits per heavy atom. The number of benzene rings is 2. The highest BCUT2D eigenvalue weighted by atomic mass is 35.5. The maximum atomic E-state index is 5.91.